The Labute approximate surface area is 157 Å². The average Bonchev–Trinajstić information content (AvgIpc) is 2.47. The van der Waals surface area contributed by atoms with E-state index >= 15 is 0 Å². The Kier molecular flexibility index (Phi) is 7.76. The van der Waals surface area contributed by atoms with E-state index in [-0.39, 0.29) is 0 Å². The second-order valence-electron chi connectivity index (χ2n) is 6.49. The molecule has 0 bridgehead atoms. The minimum atomic E-state index is -1.08. The molecule has 0 radical (unpaired) electrons. The topological polar surface area (TPSA) is 84.5 Å². The van der Waals surface area contributed by atoms with Crippen molar-refractivity contribution in [2.75, 3.05) is 0 Å². The molecule has 3 amide bonds. The maximum Gasteiger partial charge on any atom is 0.321 e. The van der Waals surface area contributed by atoms with E-state index in [9.17, 15) is 14.4 Å². The minimum absolute atomic E-state index is 0.478. The van der Waals surface area contributed by atoms with Crippen LogP contribution >= 0.6 is 23.4 Å². The highest BCUT2D eigenvalue weighted by Crippen LogP contribution is 2.25. The summed E-state index contributed by atoms with van der Waals surface area (Å²) in [5, 5.41) is 4.84. The predicted molar refractivity (Wildman–Crippen MR) is 98.8 cm³/mol. The number of hydrogen-bond acceptors (Lipinski definition) is 5. The van der Waals surface area contributed by atoms with Crippen LogP contribution in [0.25, 0.3) is 0 Å². The van der Waals surface area contributed by atoms with E-state index in [1.165, 1.54) is 18.7 Å². The van der Waals surface area contributed by atoms with Gasteiger partial charge in [0.1, 0.15) is 5.25 Å². The lowest BCUT2D eigenvalue weighted by molar-refractivity contribution is -0.153. The molecule has 25 heavy (non-hydrogen) atoms. The standard InChI is InChI=1S/C17H23ClN2O4S/c1-10(14(21)19-16(23)20-17(3,4)5)24-15(22)11(2)25-13-8-6-12(18)7-9-13/h6-11H,1-5H3,(H2,19,20,21,23)/t10-,11-/m0/s1. The van der Waals surface area contributed by atoms with Crippen molar-refractivity contribution in [3.63, 3.8) is 0 Å². The summed E-state index contributed by atoms with van der Waals surface area (Å²) < 4.78 is 5.12. The molecule has 138 valence electrons. The van der Waals surface area contributed by atoms with E-state index in [0.717, 1.165) is 4.90 Å². The molecule has 8 heteroatoms. The fourth-order valence-corrected chi connectivity index (χ4v) is 2.65. The molecule has 1 aromatic rings. The quantitative estimate of drug-likeness (QED) is 0.598. The Morgan fingerprint density at radius 3 is 2.20 bits per heavy atom. The van der Waals surface area contributed by atoms with Crippen molar-refractivity contribution < 1.29 is 19.1 Å². The number of amides is 3. The second kappa shape index (κ2) is 9.10. The summed E-state index contributed by atoms with van der Waals surface area (Å²) in [5.74, 6) is -1.22. The molecule has 0 saturated carbocycles. The number of urea groups is 1. The first-order valence-electron chi connectivity index (χ1n) is 7.73. The first-order valence-corrected chi connectivity index (χ1v) is 8.99. The molecular formula is C17H23ClN2O4S. The van der Waals surface area contributed by atoms with E-state index < -0.39 is 34.8 Å². The number of benzene rings is 1. The maximum absolute atomic E-state index is 12.1. The number of nitrogens with one attached hydrogen (secondary N) is 2. The van der Waals surface area contributed by atoms with E-state index in [4.69, 9.17) is 16.3 Å². The molecule has 0 aliphatic rings. The van der Waals surface area contributed by atoms with Crippen molar-refractivity contribution in [1.82, 2.24) is 10.6 Å². The lowest BCUT2D eigenvalue weighted by Crippen LogP contribution is -2.50. The lowest BCUT2D eigenvalue weighted by atomic mass is 10.1. The van der Waals surface area contributed by atoms with Gasteiger partial charge in [-0.25, -0.2) is 4.79 Å². The van der Waals surface area contributed by atoms with Crippen molar-refractivity contribution in [3.8, 4) is 0 Å². The zero-order valence-electron chi connectivity index (χ0n) is 14.9. The smallest absolute Gasteiger partial charge is 0.321 e. The van der Waals surface area contributed by atoms with Gasteiger partial charge < -0.3 is 10.1 Å². The summed E-state index contributed by atoms with van der Waals surface area (Å²) in [6.45, 7) is 8.46. The number of carbonyl (C=O) groups is 3. The monoisotopic (exact) mass is 386 g/mol. The fourth-order valence-electron chi connectivity index (χ4n) is 1.67. The third-order valence-corrected chi connectivity index (χ3v) is 4.19. The van der Waals surface area contributed by atoms with E-state index in [1.807, 2.05) is 0 Å². The van der Waals surface area contributed by atoms with Crippen LogP contribution in [0.1, 0.15) is 34.6 Å². The van der Waals surface area contributed by atoms with Crippen LogP contribution in [0.5, 0.6) is 0 Å². The number of esters is 1. The predicted octanol–water partition coefficient (Wildman–Crippen LogP) is 3.38. The van der Waals surface area contributed by atoms with Gasteiger partial charge >= 0.3 is 12.0 Å². The maximum atomic E-state index is 12.1. The van der Waals surface area contributed by atoms with Crippen LogP contribution in [0, 0.1) is 0 Å². The second-order valence-corrected chi connectivity index (χ2v) is 8.34. The van der Waals surface area contributed by atoms with E-state index in [1.54, 1.807) is 52.0 Å². The summed E-state index contributed by atoms with van der Waals surface area (Å²) in [6, 6.07) is 6.41. The fraction of sp³-hybridized carbons (Fsp3) is 0.471. The summed E-state index contributed by atoms with van der Waals surface area (Å²) in [5.41, 5.74) is -0.478. The molecule has 2 N–H and O–H groups in total. The molecule has 1 rings (SSSR count). The van der Waals surface area contributed by atoms with Gasteiger partial charge in [0.25, 0.3) is 5.91 Å². The third kappa shape index (κ3) is 8.27. The summed E-state index contributed by atoms with van der Waals surface area (Å²) in [4.78, 5) is 36.5. The number of thioether (sulfide) groups is 1. The zero-order valence-corrected chi connectivity index (χ0v) is 16.5. The molecule has 0 heterocycles. The van der Waals surface area contributed by atoms with Crippen molar-refractivity contribution >= 4 is 41.3 Å². The van der Waals surface area contributed by atoms with Gasteiger partial charge in [0.2, 0.25) is 0 Å². The number of ether oxygens (including phenoxy) is 1. The molecule has 6 nitrogen and oxygen atoms in total. The van der Waals surface area contributed by atoms with Crippen LogP contribution in [0.4, 0.5) is 4.79 Å². The van der Waals surface area contributed by atoms with E-state index in [0.29, 0.717) is 5.02 Å². The average molecular weight is 387 g/mol. The van der Waals surface area contributed by atoms with Gasteiger partial charge in [-0.1, -0.05) is 11.6 Å². The first kappa shape index (κ1) is 21.3. The molecule has 0 spiro atoms. The Morgan fingerprint density at radius 1 is 1.12 bits per heavy atom. The van der Waals surface area contributed by atoms with Crippen LogP contribution in [0.3, 0.4) is 0 Å². The normalized spacial score (nSPS) is 13.5. The van der Waals surface area contributed by atoms with Gasteiger partial charge in [0, 0.05) is 15.5 Å². The van der Waals surface area contributed by atoms with Gasteiger partial charge in [-0.05, 0) is 58.9 Å². The van der Waals surface area contributed by atoms with Crippen molar-refractivity contribution in [2.45, 2.75) is 56.4 Å². The Balaban J connectivity index is 2.50. The largest absolute Gasteiger partial charge is 0.452 e. The Morgan fingerprint density at radius 2 is 1.68 bits per heavy atom. The number of imide groups is 1. The lowest BCUT2D eigenvalue weighted by Gasteiger charge is -2.21. The molecule has 0 saturated heterocycles. The van der Waals surface area contributed by atoms with Gasteiger partial charge in [-0.15, -0.1) is 11.8 Å². The minimum Gasteiger partial charge on any atom is -0.452 e. The van der Waals surface area contributed by atoms with Crippen LogP contribution in [0.2, 0.25) is 5.02 Å². The third-order valence-electron chi connectivity index (χ3n) is 2.85. The molecule has 0 aliphatic heterocycles. The Bertz CT molecular complexity index is 629. The number of rotatable bonds is 5. The summed E-state index contributed by atoms with van der Waals surface area (Å²) >= 11 is 7.11. The van der Waals surface area contributed by atoms with Crippen LogP contribution < -0.4 is 10.6 Å². The van der Waals surface area contributed by atoms with Crippen LogP contribution in [-0.4, -0.2) is 34.8 Å². The van der Waals surface area contributed by atoms with Gasteiger partial charge in [-0.3, -0.25) is 14.9 Å². The molecule has 1 aromatic carbocycles. The van der Waals surface area contributed by atoms with Crippen LogP contribution in [-0.2, 0) is 14.3 Å². The molecule has 0 aliphatic carbocycles. The van der Waals surface area contributed by atoms with Gasteiger partial charge in [-0.2, -0.15) is 0 Å². The SMILES string of the molecule is C[C@H](OC(=O)[C@H](C)Sc1ccc(Cl)cc1)C(=O)NC(=O)NC(C)(C)C. The summed E-state index contributed by atoms with van der Waals surface area (Å²) in [6.07, 6.45) is -1.08. The van der Waals surface area contributed by atoms with Crippen molar-refractivity contribution in [2.24, 2.45) is 0 Å². The molecule has 2 atom stereocenters. The first-order chi connectivity index (χ1) is 11.5. The molecular weight excluding hydrogens is 364 g/mol. The highest BCUT2D eigenvalue weighted by atomic mass is 35.5. The van der Waals surface area contributed by atoms with E-state index in [2.05, 4.69) is 10.6 Å². The zero-order chi connectivity index (χ0) is 19.2. The summed E-state index contributed by atoms with van der Waals surface area (Å²) in [7, 11) is 0. The van der Waals surface area contributed by atoms with Gasteiger partial charge in [0.05, 0.1) is 0 Å². The van der Waals surface area contributed by atoms with Crippen LogP contribution in [0.15, 0.2) is 29.2 Å². The highest BCUT2D eigenvalue weighted by molar-refractivity contribution is 8.00. The van der Waals surface area contributed by atoms with Crippen molar-refractivity contribution in [1.29, 1.82) is 0 Å². The van der Waals surface area contributed by atoms with Crippen molar-refractivity contribution in [3.05, 3.63) is 29.3 Å². The molecule has 0 unspecified atom stereocenters. The molecule has 0 fully saturated rings. The number of carbonyl (C=O) groups excluding carboxylic acids is 3. The number of hydrogen-bond donors (Lipinski definition) is 2. The molecule has 0 aromatic heterocycles. The highest BCUT2D eigenvalue weighted by Gasteiger charge is 2.25. The Hall–Kier alpha value is -1.73. The van der Waals surface area contributed by atoms with Gasteiger partial charge in [0.15, 0.2) is 6.10 Å². The number of halogens is 1.